The average molecular weight is 408 g/mol. The van der Waals surface area contributed by atoms with E-state index in [1.165, 1.54) is 0 Å². The number of rotatable bonds is 9. The van der Waals surface area contributed by atoms with Crippen LogP contribution in [0.25, 0.3) is 0 Å². The standard InChI is InChI=1S/C22H35NO4.C2H6/c1-5-11-22(25)14-12-21(3,13-15-22)20(24)23(6-2)18-7-9-19(10-8-18)27-17-16-26-4;1-2/h7-10,25H,5-6,11-17H2,1-4H3;1-2H3. The molecule has 1 saturated carbocycles. The molecule has 0 heterocycles. The lowest BCUT2D eigenvalue weighted by molar-refractivity contribution is -0.132. The zero-order valence-electron chi connectivity index (χ0n) is 19.3. The van der Waals surface area contributed by atoms with E-state index < -0.39 is 11.0 Å². The number of nitrogens with zero attached hydrogens (tertiary/aromatic N) is 1. The van der Waals surface area contributed by atoms with Gasteiger partial charge in [0.15, 0.2) is 0 Å². The average Bonchev–Trinajstić information content (AvgIpc) is 2.74. The molecular formula is C24H41NO4. The van der Waals surface area contributed by atoms with Crippen molar-refractivity contribution in [3.63, 3.8) is 0 Å². The number of aliphatic hydroxyl groups is 1. The first-order valence-electron chi connectivity index (χ1n) is 11.1. The number of anilines is 1. The van der Waals surface area contributed by atoms with Crippen LogP contribution in [-0.4, -0.2) is 43.5 Å². The van der Waals surface area contributed by atoms with Crippen LogP contribution in [0.15, 0.2) is 24.3 Å². The molecule has 1 amide bonds. The van der Waals surface area contributed by atoms with E-state index in [-0.39, 0.29) is 5.91 Å². The molecule has 0 aliphatic heterocycles. The molecule has 1 aromatic carbocycles. The second-order valence-electron chi connectivity index (χ2n) is 7.92. The van der Waals surface area contributed by atoms with Crippen molar-refractivity contribution in [3.8, 4) is 5.75 Å². The summed E-state index contributed by atoms with van der Waals surface area (Å²) >= 11 is 0. The van der Waals surface area contributed by atoms with E-state index in [4.69, 9.17) is 9.47 Å². The second kappa shape index (κ2) is 12.2. The Morgan fingerprint density at radius 3 is 2.14 bits per heavy atom. The summed E-state index contributed by atoms with van der Waals surface area (Å²) in [5.74, 6) is 0.921. The lowest BCUT2D eigenvalue weighted by atomic mass is 9.68. The summed E-state index contributed by atoms with van der Waals surface area (Å²) < 4.78 is 10.6. The van der Waals surface area contributed by atoms with Crippen molar-refractivity contribution in [3.05, 3.63) is 24.3 Å². The molecule has 0 radical (unpaired) electrons. The normalized spacial score (nSPS) is 23.7. The van der Waals surface area contributed by atoms with Crippen LogP contribution in [0.1, 0.15) is 73.1 Å². The zero-order chi connectivity index (χ0) is 21.9. The fourth-order valence-corrected chi connectivity index (χ4v) is 3.93. The molecule has 1 aliphatic rings. The van der Waals surface area contributed by atoms with Gasteiger partial charge in [-0.2, -0.15) is 0 Å². The number of carbonyl (C=O) groups excluding carboxylic acids is 1. The maximum Gasteiger partial charge on any atom is 0.232 e. The minimum atomic E-state index is -0.591. The van der Waals surface area contributed by atoms with Crippen molar-refractivity contribution in [2.75, 3.05) is 31.8 Å². The van der Waals surface area contributed by atoms with Crippen molar-refractivity contribution in [1.29, 1.82) is 0 Å². The summed E-state index contributed by atoms with van der Waals surface area (Å²) in [6.07, 6.45) is 4.66. The van der Waals surface area contributed by atoms with E-state index in [0.29, 0.717) is 32.6 Å². The van der Waals surface area contributed by atoms with Gasteiger partial charge in [0.1, 0.15) is 12.4 Å². The third kappa shape index (κ3) is 7.00. The van der Waals surface area contributed by atoms with Gasteiger partial charge in [-0.1, -0.05) is 34.1 Å². The molecule has 1 fully saturated rings. The van der Waals surface area contributed by atoms with Crippen molar-refractivity contribution in [1.82, 2.24) is 0 Å². The predicted molar refractivity (Wildman–Crippen MR) is 120 cm³/mol. The third-order valence-electron chi connectivity index (χ3n) is 5.78. The Morgan fingerprint density at radius 2 is 1.66 bits per heavy atom. The van der Waals surface area contributed by atoms with Gasteiger partial charge in [-0.3, -0.25) is 4.79 Å². The Balaban J connectivity index is 0.00000204. The zero-order valence-corrected chi connectivity index (χ0v) is 19.3. The molecule has 0 saturated heterocycles. The van der Waals surface area contributed by atoms with Crippen LogP contribution in [0.2, 0.25) is 0 Å². The number of hydrogen-bond acceptors (Lipinski definition) is 4. The van der Waals surface area contributed by atoms with Gasteiger partial charge >= 0.3 is 0 Å². The van der Waals surface area contributed by atoms with Crippen LogP contribution in [-0.2, 0) is 9.53 Å². The van der Waals surface area contributed by atoms with E-state index in [9.17, 15) is 9.90 Å². The van der Waals surface area contributed by atoms with Gasteiger partial charge in [0, 0.05) is 24.8 Å². The van der Waals surface area contributed by atoms with Gasteiger partial charge in [0.2, 0.25) is 5.91 Å². The topological polar surface area (TPSA) is 59.0 Å². The Morgan fingerprint density at radius 1 is 1.07 bits per heavy atom. The first-order chi connectivity index (χ1) is 13.9. The highest BCUT2D eigenvalue weighted by Gasteiger charge is 2.44. The van der Waals surface area contributed by atoms with Crippen LogP contribution in [0.5, 0.6) is 5.75 Å². The molecule has 0 aromatic heterocycles. The number of amides is 1. The maximum absolute atomic E-state index is 13.3. The quantitative estimate of drug-likeness (QED) is 0.572. The predicted octanol–water partition coefficient (Wildman–Crippen LogP) is 5.20. The van der Waals surface area contributed by atoms with Gasteiger partial charge < -0.3 is 19.5 Å². The fraction of sp³-hybridized carbons (Fsp3) is 0.708. The Labute approximate surface area is 177 Å². The fourth-order valence-electron chi connectivity index (χ4n) is 3.93. The van der Waals surface area contributed by atoms with Crippen molar-refractivity contribution in [2.24, 2.45) is 5.41 Å². The molecular weight excluding hydrogens is 366 g/mol. The minimum Gasteiger partial charge on any atom is -0.491 e. The SMILES string of the molecule is CC.CCCC1(O)CCC(C)(C(=O)N(CC)c2ccc(OCCOC)cc2)CC1. The highest BCUT2D eigenvalue weighted by Crippen LogP contribution is 2.44. The van der Waals surface area contributed by atoms with Gasteiger partial charge in [0.25, 0.3) is 0 Å². The van der Waals surface area contributed by atoms with Gasteiger partial charge in [-0.15, -0.1) is 0 Å². The highest BCUT2D eigenvalue weighted by molar-refractivity contribution is 5.97. The summed E-state index contributed by atoms with van der Waals surface area (Å²) in [5, 5.41) is 10.7. The molecule has 0 spiro atoms. The van der Waals surface area contributed by atoms with Gasteiger partial charge in [-0.25, -0.2) is 0 Å². The second-order valence-corrected chi connectivity index (χ2v) is 7.92. The molecule has 2 rings (SSSR count). The van der Waals surface area contributed by atoms with Gasteiger partial charge in [0.05, 0.1) is 12.2 Å². The van der Waals surface area contributed by atoms with E-state index >= 15 is 0 Å². The Kier molecular flexibility index (Phi) is 10.7. The van der Waals surface area contributed by atoms with Crippen LogP contribution in [0.3, 0.4) is 0 Å². The summed E-state index contributed by atoms with van der Waals surface area (Å²) in [6, 6.07) is 7.65. The first kappa shape index (κ1) is 25.4. The van der Waals surface area contributed by atoms with Crippen LogP contribution in [0.4, 0.5) is 5.69 Å². The lowest BCUT2D eigenvalue weighted by Gasteiger charge is -2.43. The van der Waals surface area contributed by atoms with Crippen LogP contribution in [0, 0.1) is 5.41 Å². The van der Waals surface area contributed by atoms with E-state index in [1.54, 1.807) is 7.11 Å². The number of carbonyl (C=O) groups is 1. The van der Waals surface area contributed by atoms with Crippen molar-refractivity contribution >= 4 is 11.6 Å². The molecule has 1 N–H and O–H groups in total. The molecule has 0 bridgehead atoms. The molecule has 0 unspecified atom stereocenters. The maximum atomic E-state index is 13.3. The molecule has 5 nitrogen and oxygen atoms in total. The molecule has 1 aliphatic carbocycles. The minimum absolute atomic E-state index is 0.150. The van der Waals surface area contributed by atoms with E-state index in [0.717, 1.165) is 37.1 Å². The third-order valence-corrected chi connectivity index (χ3v) is 5.78. The van der Waals surface area contributed by atoms with Crippen LogP contribution >= 0.6 is 0 Å². The highest BCUT2D eigenvalue weighted by atomic mass is 16.5. The van der Waals surface area contributed by atoms with Crippen LogP contribution < -0.4 is 9.64 Å². The molecule has 1 aromatic rings. The smallest absolute Gasteiger partial charge is 0.232 e. The Hall–Kier alpha value is -1.59. The number of benzene rings is 1. The summed E-state index contributed by atoms with van der Waals surface area (Å²) in [6.45, 7) is 11.8. The van der Waals surface area contributed by atoms with Gasteiger partial charge in [-0.05, 0) is 63.3 Å². The summed E-state index contributed by atoms with van der Waals surface area (Å²) in [4.78, 5) is 15.2. The number of methoxy groups -OCH3 is 1. The molecule has 5 heteroatoms. The largest absolute Gasteiger partial charge is 0.491 e. The van der Waals surface area contributed by atoms with E-state index in [1.807, 2.05) is 56.9 Å². The molecule has 166 valence electrons. The van der Waals surface area contributed by atoms with Crippen molar-refractivity contribution in [2.45, 2.75) is 78.7 Å². The number of hydrogen-bond donors (Lipinski definition) is 1. The van der Waals surface area contributed by atoms with E-state index in [2.05, 4.69) is 6.92 Å². The first-order valence-corrected chi connectivity index (χ1v) is 11.1. The number of ether oxygens (including phenoxy) is 2. The lowest BCUT2D eigenvalue weighted by Crippen LogP contribution is -2.47. The summed E-state index contributed by atoms with van der Waals surface area (Å²) in [5.41, 5.74) is -0.117. The summed E-state index contributed by atoms with van der Waals surface area (Å²) in [7, 11) is 1.64. The molecule has 29 heavy (non-hydrogen) atoms. The monoisotopic (exact) mass is 407 g/mol. The Bertz CT molecular complexity index is 591. The molecule has 0 atom stereocenters. The van der Waals surface area contributed by atoms with Crippen molar-refractivity contribution < 1.29 is 19.4 Å².